The standard InChI is InChI=1S/C33H36N4O4S2/c1-22-28(8-6-9-29(22)35-32(38)31-19-23-7-4-3-5-10-30(23)42-31)25-17-24(33(39)36(2)21-25)18-26-11-12-27(20-34-26)37-13-15-43(40,41)16-14-37/h6,8-9,11-12,17,19-21H,3-5,7,10,13-16,18H2,1-2H3,(H,35,38). The summed E-state index contributed by atoms with van der Waals surface area (Å²) >= 11 is 1.61. The Balaban J connectivity index is 1.21. The third-order valence-electron chi connectivity index (χ3n) is 8.51. The van der Waals surface area contributed by atoms with Crippen LogP contribution in [0, 0.1) is 6.92 Å². The molecule has 10 heteroatoms. The molecule has 0 saturated carbocycles. The van der Waals surface area contributed by atoms with Crippen LogP contribution in [0.5, 0.6) is 0 Å². The highest BCUT2D eigenvalue weighted by atomic mass is 32.2. The van der Waals surface area contributed by atoms with Crippen molar-refractivity contribution in [1.82, 2.24) is 9.55 Å². The predicted molar refractivity (Wildman–Crippen MR) is 173 cm³/mol. The first-order valence-corrected chi connectivity index (χ1v) is 17.4. The van der Waals surface area contributed by atoms with E-state index in [9.17, 15) is 18.0 Å². The molecule has 0 bridgehead atoms. The lowest BCUT2D eigenvalue weighted by Gasteiger charge is -2.28. The Hall–Kier alpha value is -3.76. The lowest BCUT2D eigenvalue weighted by molar-refractivity contribution is 0.103. The fourth-order valence-corrected chi connectivity index (χ4v) is 8.33. The van der Waals surface area contributed by atoms with Gasteiger partial charge >= 0.3 is 0 Å². The molecule has 3 aromatic heterocycles. The number of anilines is 2. The van der Waals surface area contributed by atoms with Gasteiger partial charge in [-0.15, -0.1) is 11.3 Å². The maximum atomic E-state index is 13.2. The average molecular weight is 617 g/mol. The highest BCUT2D eigenvalue weighted by Gasteiger charge is 2.22. The van der Waals surface area contributed by atoms with Crippen LogP contribution in [-0.2, 0) is 36.1 Å². The van der Waals surface area contributed by atoms with E-state index in [4.69, 9.17) is 0 Å². The van der Waals surface area contributed by atoms with Crippen LogP contribution in [0.15, 0.2) is 59.7 Å². The van der Waals surface area contributed by atoms with Gasteiger partial charge in [-0.05, 0) is 85.2 Å². The fraction of sp³-hybridized carbons (Fsp3) is 0.364. The van der Waals surface area contributed by atoms with Crippen molar-refractivity contribution in [3.05, 3.63) is 97.4 Å². The summed E-state index contributed by atoms with van der Waals surface area (Å²) in [5.41, 5.74) is 7.02. The van der Waals surface area contributed by atoms with E-state index in [1.807, 2.05) is 54.4 Å². The van der Waals surface area contributed by atoms with E-state index >= 15 is 0 Å². The minimum atomic E-state index is -2.95. The van der Waals surface area contributed by atoms with E-state index in [2.05, 4.69) is 16.4 Å². The van der Waals surface area contributed by atoms with Crippen LogP contribution in [0.1, 0.15) is 56.2 Å². The average Bonchev–Trinajstić information content (AvgIpc) is 3.27. The molecule has 0 spiro atoms. The number of nitrogens with one attached hydrogen (secondary N) is 1. The third kappa shape index (κ3) is 6.45. The van der Waals surface area contributed by atoms with Crippen molar-refractivity contribution in [3.63, 3.8) is 0 Å². The molecule has 43 heavy (non-hydrogen) atoms. The fourth-order valence-electron chi connectivity index (χ4n) is 5.98. The number of carbonyl (C=O) groups excluding carboxylic acids is 1. The first-order chi connectivity index (χ1) is 20.7. The lowest BCUT2D eigenvalue weighted by atomic mass is 9.98. The molecule has 6 rings (SSSR count). The predicted octanol–water partition coefficient (Wildman–Crippen LogP) is 5.16. The molecule has 1 aromatic carbocycles. The minimum absolute atomic E-state index is 0.0832. The molecule has 0 radical (unpaired) electrons. The number of fused-ring (bicyclic) bond motifs is 1. The summed E-state index contributed by atoms with van der Waals surface area (Å²) in [6.07, 6.45) is 9.68. The zero-order valence-corrected chi connectivity index (χ0v) is 26.2. The van der Waals surface area contributed by atoms with Crippen LogP contribution in [0.25, 0.3) is 11.1 Å². The lowest BCUT2D eigenvalue weighted by Crippen LogP contribution is -2.40. The van der Waals surface area contributed by atoms with E-state index in [1.54, 1.807) is 29.1 Å². The number of sulfone groups is 1. The summed E-state index contributed by atoms with van der Waals surface area (Å²) in [5, 5.41) is 3.13. The van der Waals surface area contributed by atoms with Crippen molar-refractivity contribution in [2.75, 3.05) is 34.8 Å². The van der Waals surface area contributed by atoms with Crippen LogP contribution in [0.2, 0.25) is 0 Å². The SMILES string of the molecule is Cc1c(NC(=O)c2cc3c(s2)CCCCC3)cccc1-c1cc(Cc2ccc(N3CCS(=O)(=O)CC3)cn2)c(=O)n(C)c1. The maximum Gasteiger partial charge on any atom is 0.265 e. The molecular weight excluding hydrogens is 581 g/mol. The topological polar surface area (TPSA) is 101 Å². The number of carbonyl (C=O) groups is 1. The van der Waals surface area contributed by atoms with Crippen molar-refractivity contribution in [3.8, 4) is 11.1 Å². The molecule has 0 atom stereocenters. The number of nitrogens with zero attached hydrogens (tertiary/aromatic N) is 3. The monoisotopic (exact) mass is 616 g/mol. The van der Waals surface area contributed by atoms with E-state index in [-0.39, 0.29) is 23.0 Å². The van der Waals surface area contributed by atoms with Crippen molar-refractivity contribution in [1.29, 1.82) is 0 Å². The maximum absolute atomic E-state index is 13.2. The number of amides is 1. The van der Waals surface area contributed by atoms with Crippen LogP contribution >= 0.6 is 11.3 Å². The number of aryl methyl sites for hydroxylation is 3. The number of benzene rings is 1. The van der Waals surface area contributed by atoms with Crippen molar-refractivity contribution >= 4 is 38.5 Å². The molecule has 1 saturated heterocycles. The summed E-state index contributed by atoms with van der Waals surface area (Å²) in [7, 11) is -1.21. The van der Waals surface area contributed by atoms with E-state index in [1.165, 1.54) is 29.7 Å². The van der Waals surface area contributed by atoms with Crippen LogP contribution in [0.4, 0.5) is 11.4 Å². The second-order valence-corrected chi connectivity index (χ2v) is 15.0. The summed E-state index contributed by atoms with van der Waals surface area (Å²) in [6, 6.07) is 13.7. The van der Waals surface area contributed by atoms with E-state index < -0.39 is 9.84 Å². The normalized spacial score (nSPS) is 16.4. The van der Waals surface area contributed by atoms with Crippen molar-refractivity contribution in [2.24, 2.45) is 7.05 Å². The largest absolute Gasteiger partial charge is 0.368 e. The van der Waals surface area contributed by atoms with Gasteiger partial charge in [0.25, 0.3) is 11.5 Å². The van der Waals surface area contributed by atoms with Gasteiger partial charge in [0.15, 0.2) is 9.84 Å². The van der Waals surface area contributed by atoms with Gasteiger partial charge in [0, 0.05) is 54.6 Å². The van der Waals surface area contributed by atoms with E-state index in [0.717, 1.165) is 51.5 Å². The second kappa shape index (κ2) is 12.1. The van der Waals surface area contributed by atoms with Crippen molar-refractivity contribution < 1.29 is 13.2 Å². The molecule has 1 aliphatic heterocycles. The molecule has 8 nitrogen and oxygen atoms in total. The van der Waals surface area contributed by atoms with Gasteiger partial charge in [0.05, 0.1) is 28.3 Å². The van der Waals surface area contributed by atoms with Crippen LogP contribution in [0.3, 0.4) is 0 Å². The number of hydrogen-bond donors (Lipinski definition) is 1. The number of aromatic nitrogens is 2. The third-order valence-corrected chi connectivity index (χ3v) is 11.4. The van der Waals surface area contributed by atoms with Gasteiger partial charge in [-0.2, -0.15) is 0 Å². The molecule has 4 aromatic rings. The highest BCUT2D eigenvalue weighted by molar-refractivity contribution is 7.91. The van der Waals surface area contributed by atoms with Gasteiger partial charge in [0.1, 0.15) is 0 Å². The second-order valence-electron chi connectivity index (χ2n) is 11.5. The Bertz CT molecular complexity index is 1800. The number of rotatable bonds is 6. The minimum Gasteiger partial charge on any atom is -0.368 e. The quantitative estimate of drug-likeness (QED) is 0.300. The van der Waals surface area contributed by atoms with Gasteiger partial charge < -0.3 is 14.8 Å². The van der Waals surface area contributed by atoms with Gasteiger partial charge in [0.2, 0.25) is 0 Å². The van der Waals surface area contributed by atoms with Crippen LogP contribution < -0.4 is 15.8 Å². The van der Waals surface area contributed by atoms with Gasteiger partial charge in [-0.1, -0.05) is 18.6 Å². The van der Waals surface area contributed by atoms with Crippen LogP contribution in [-0.4, -0.2) is 48.5 Å². The molecule has 0 unspecified atom stereocenters. The van der Waals surface area contributed by atoms with E-state index in [0.29, 0.717) is 25.1 Å². The smallest absolute Gasteiger partial charge is 0.265 e. The number of hydrogen-bond acceptors (Lipinski definition) is 7. The Morgan fingerprint density at radius 3 is 2.60 bits per heavy atom. The first-order valence-electron chi connectivity index (χ1n) is 14.8. The summed E-state index contributed by atoms with van der Waals surface area (Å²) in [6.45, 7) is 2.91. The Kier molecular flexibility index (Phi) is 8.24. The van der Waals surface area contributed by atoms with Gasteiger partial charge in [-0.3, -0.25) is 14.6 Å². The number of thiophene rings is 1. The Morgan fingerprint density at radius 1 is 1.05 bits per heavy atom. The molecular formula is C33H36N4O4S2. The molecule has 1 fully saturated rings. The zero-order chi connectivity index (χ0) is 30.1. The first kappa shape index (κ1) is 29.3. The molecule has 1 aliphatic carbocycles. The summed E-state index contributed by atoms with van der Waals surface area (Å²) in [4.78, 5) is 35.1. The highest BCUT2D eigenvalue weighted by Crippen LogP contribution is 2.32. The Labute approximate surface area is 256 Å². The molecule has 224 valence electrons. The molecule has 1 N–H and O–H groups in total. The molecule has 4 heterocycles. The zero-order valence-electron chi connectivity index (χ0n) is 24.6. The summed E-state index contributed by atoms with van der Waals surface area (Å²) in [5.74, 6) is 0.218. The van der Waals surface area contributed by atoms with Gasteiger partial charge in [-0.25, -0.2) is 8.42 Å². The molecule has 1 amide bonds. The Morgan fingerprint density at radius 2 is 1.84 bits per heavy atom. The number of pyridine rings is 2. The summed E-state index contributed by atoms with van der Waals surface area (Å²) < 4.78 is 25.1. The van der Waals surface area contributed by atoms with Crippen molar-refractivity contribution in [2.45, 2.75) is 45.4 Å². The molecule has 2 aliphatic rings.